The Bertz CT molecular complexity index is 1340. The van der Waals surface area contributed by atoms with Crippen LogP contribution < -0.4 is 10.1 Å². The van der Waals surface area contributed by atoms with Crippen LogP contribution in [-0.4, -0.2) is 73.3 Å². The lowest BCUT2D eigenvalue weighted by atomic mass is 9.92. The molecule has 0 aliphatic carbocycles. The number of nitrogens with one attached hydrogen (secondary N) is 1. The lowest BCUT2D eigenvalue weighted by Crippen LogP contribution is -2.42. The maximum absolute atomic E-state index is 13.2. The molecule has 1 atom stereocenters. The summed E-state index contributed by atoms with van der Waals surface area (Å²) in [6.07, 6.45) is 0.742. The van der Waals surface area contributed by atoms with E-state index < -0.39 is 12.0 Å². The van der Waals surface area contributed by atoms with Crippen LogP contribution in [0.15, 0.2) is 82.0 Å². The number of carbonyl (C=O) groups excluding carboxylic acids is 2. The molecule has 0 bridgehead atoms. The minimum Gasteiger partial charge on any atom is -0.489 e. The number of methoxy groups -OCH3 is 1. The zero-order valence-electron chi connectivity index (χ0n) is 23.5. The number of aliphatic imine (C=N–C) groups is 1. The number of amides is 1. The van der Waals surface area contributed by atoms with E-state index in [0.717, 1.165) is 54.8 Å². The van der Waals surface area contributed by atoms with E-state index in [2.05, 4.69) is 10.2 Å². The van der Waals surface area contributed by atoms with Gasteiger partial charge in [-0.2, -0.15) is 0 Å². The van der Waals surface area contributed by atoms with Crippen molar-refractivity contribution in [3.8, 4) is 5.75 Å². The molecule has 9 nitrogen and oxygen atoms in total. The smallest absolute Gasteiger partial charge is 0.338 e. The van der Waals surface area contributed by atoms with Crippen molar-refractivity contribution in [3.05, 3.63) is 88.1 Å². The highest BCUT2D eigenvalue weighted by atomic mass is 32.2. The molecule has 1 N–H and O–H groups in total. The van der Waals surface area contributed by atoms with Gasteiger partial charge in [0, 0.05) is 31.9 Å². The number of ether oxygens (including phenoxy) is 3. The molecule has 41 heavy (non-hydrogen) atoms. The SMILES string of the molecule is CCC1=C(C(=O)OC)C(c2cccc(OCc3ccccc3)c2)N2C(CC(=O)NCCN3CCOCC3)=CSC2=N1. The Labute approximate surface area is 245 Å². The molecule has 5 rings (SSSR count). The first kappa shape index (κ1) is 28.9. The topological polar surface area (TPSA) is 92.7 Å². The lowest BCUT2D eigenvalue weighted by molar-refractivity contribution is -0.136. The van der Waals surface area contributed by atoms with Gasteiger partial charge in [0.1, 0.15) is 12.4 Å². The van der Waals surface area contributed by atoms with Crippen LogP contribution in [0.1, 0.15) is 36.9 Å². The van der Waals surface area contributed by atoms with Crippen LogP contribution in [0, 0.1) is 0 Å². The van der Waals surface area contributed by atoms with Gasteiger partial charge in [-0.05, 0) is 35.1 Å². The summed E-state index contributed by atoms with van der Waals surface area (Å²) >= 11 is 1.47. The molecule has 0 saturated carbocycles. The Balaban J connectivity index is 1.36. The van der Waals surface area contributed by atoms with Crippen LogP contribution in [0.3, 0.4) is 0 Å². The van der Waals surface area contributed by atoms with Gasteiger partial charge in [-0.1, -0.05) is 61.2 Å². The summed E-state index contributed by atoms with van der Waals surface area (Å²) in [5, 5.41) is 5.75. The third-order valence-corrected chi connectivity index (χ3v) is 8.14. The summed E-state index contributed by atoms with van der Waals surface area (Å²) in [4.78, 5) is 35.3. The second-order valence-electron chi connectivity index (χ2n) is 9.93. The number of benzene rings is 2. The van der Waals surface area contributed by atoms with E-state index in [4.69, 9.17) is 19.2 Å². The van der Waals surface area contributed by atoms with Gasteiger partial charge >= 0.3 is 5.97 Å². The third-order valence-electron chi connectivity index (χ3n) is 7.25. The molecule has 3 heterocycles. The minimum atomic E-state index is -0.507. The maximum Gasteiger partial charge on any atom is 0.338 e. The average Bonchev–Trinajstić information content (AvgIpc) is 3.41. The van der Waals surface area contributed by atoms with Gasteiger partial charge in [0.05, 0.1) is 44.1 Å². The van der Waals surface area contributed by atoms with Gasteiger partial charge in [0.2, 0.25) is 5.91 Å². The first-order valence-corrected chi connectivity index (χ1v) is 14.8. The number of hydrogen-bond donors (Lipinski definition) is 1. The number of rotatable bonds is 11. The van der Waals surface area contributed by atoms with Crippen LogP contribution in [-0.2, 0) is 25.7 Å². The fraction of sp³-hybridized carbons (Fsp3) is 0.387. The predicted molar refractivity (Wildman–Crippen MR) is 159 cm³/mol. The number of carbonyl (C=O) groups is 2. The van der Waals surface area contributed by atoms with Crippen LogP contribution in [0.5, 0.6) is 5.75 Å². The van der Waals surface area contributed by atoms with Gasteiger partial charge in [-0.25, -0.2) is 9.79 Å². The third kappa shape index (κ3) is 7.01. The second kappa shape index (κ2) is 13.8. The van der Waals surface area contributed by atoms with Gasteiger partial charge in [0.15, 0.2) is 5.17 Å². The Morgan fingerprint density at radius 2 is 1.93 bits per heavy atom. The van der Waals surface area contributed by atoms with E-state index in [9.17, 15) is 9.59 Å². The summed E-state index contributed by atoms with van der Waals surface area (Å²) in [5.74, 6) is 0.183. The number of morpholine rings is 1. The molecule has 1 fully saturated rings. The fourth-order valence-electron chi connectivity index (χ4n) is 5.15. The Morgan fingerprint density at radius 3 is 2.68 bits per heavy atom. The van der Waals surface area contributed by atoms with Crippen LogP contribution in [0.25, 0.3) is 0 Å². The lowest BCUT2D eigenvalue weighted by Gasteiger charge is -2.36. The van der Waals surface area contributed by atoms with Crippen LogP contribution >= 0.6 is 11.8 Å². The van der Waals surface area contributed by atoms with Crippen molar-refractivity contribution in [3.63, 3.8) is 0 Å². The van der Waals surface area contributed by atoms with E-state index in [0.29, 0.717) is 36.6 Å². The number of allylic oxidation sites excluding steroid dienone is 1. The maximum atomic E-state index is 13.2. The van der Waals surface area contributed by atoms with Crippen LogP contribution in [0.2, 0.25) is 0 Å². The molecule has 3 aliphatic heterocycles. The summed E-state index contributed by atoms with van der Waals surface area (Å²) in [6.45, 7) is 6.97. The number of hydrogen-bond acceptors (Lipinski definition) is 9. The van der Waals surface area contributed by atoms with E-state index >= 15 is 0 Å². The molecule has 0 radical (unpaired) electrons. The molecule has 10 heteroatoms. The normalized spacial score (nSPS) is 18.9. The molecule has 2 aromatic rings. The Kier molecular flexibility index (Phi) is 9.76. The number of thioether (sulfide) groups is 1. The molecule has 3 aliphatic rings. The molecule has 1 saturated heterocycles. The summed E-state index contributed by atoms with van der Waals surface area (Å²) in [5.41, 5.74) is 3.86. The van der Waals surface area contributed by atoms with Crippen molar-refractivity contribution in [1.29, 1.82) is 0 Å². The first-order valence-electron chi connectivity index (χ1n) is 14.0. The number of nitrogens with zero attached hydrogens (tertiary/aromatic N) is 3. The molecule has 2 aromatic carbocycles. The quantitative estimate of drug-likeness (QED) is 0.397. The van der Waals surface area contributed by atoms with E-state index in [1.807, 2.05) is 71.8 Å². The minimum absolute atomic E-state index is 0.0741. The molecule has 0 spiro atoms. The number of esters is 1. The molecular formula is C31H36N4O5S. The average molecular weight is 577 g/mol. The molecular weight excluding hydrogens is 540 g/mol. The van der Waals surface area contributed by atoms with Crippen molar-refractivity contribution < 1.29 is 23.8 Å². The number of fused-ring (bicyclic) bond motifs is 1. The first-order chi connectivity index (χ1) is 20.1. The highest BCUT2D eigenvalue weighted by Gasteiger charge is 2.41. The summed E-state index contributed by atoms with van der Waals surface area (Å²) in [6, 6.07) is 17.2. The van der Waals surface area contributed by atoms with Gasteiger partial charge in [-0.3, -0.25) is 9.69 Å². The Hall–Kier alpha value is -3.60. The van der Waals surface area contributed by atoms with E-state index in [1.165, 1.54) is 18.9 Å². The van der Waals surface area contributed by atoms with Crippen molar-refractivity contribution >= 4 is 28.8 Å². The molecule has 1 amide bonds. The zero-order valence-corrected chi connectivity index (χ0v) is 24.3. The van der Waals surface area contributed by atoms with Crippen molar-refractivity contribution in [1.82, 2.24) is 15.1 Å². The zero-order chi connectivity index (χ0) is 28.6. The molecule has 216 valence electrons. The number of amidine groups is 1. The monoisotopic (exact) mass is 576 g/mol. The van der Waals surface area contributed by atoms with E-state index in [-0.39, 0.29) is 12.3 Å². The Morgan fingerprint density at radius 1 is 1.12 bits per heavy atom. The van der Waals surface area contributed by atoms with E-state index in [1.54, 1.807) is 0 Å². The largest absolute Gasteiger partial charge is 0.489 e. The van der Waals surface area contributed by atoms with Gasteiger partial charge in [-0.15, -0.1) is 0 Å². The highest BCUT2D eigenvalue weighted by molar-refractivity contribution is 8.16. The van der Waals surface area contributed by atoms with Crippen molar-refractivity contribution in [2.75, 3.05) is 46.5 Å². The van der Waals surface area contributed by atoms with Crippen molar-refractivity contribution in [2.24, 2.45) is 4.99 Å². The van der Waals surface area contributed by atoms with Crippen molar-refractivity contribution in [2.45, 2.75) is 32.4 Å². The van der Waals surface area contributed by atoms with Gasteiger partial charge < -0.3 is 24.4 Å². The fourth-order valence-corrected chi connectivity index (χ4v) is 6.09. The summed E-state index contributed by atoms with van der Waals surface area (Å²) in [7, 11) is 1.38. The standard InChI is InChI=1S/C31H36N4O5S/c1-3-26-28(30(37)38-2)29(23-10-7-11-25(18-23)40-20-22-8-5-4-6-9-22)35-24(21-41-31(35)33-26)19-27(36)32-12-13-34-14-16-39-17-15-34/h4-11,18,21,29H,3,12-17,19-20H2,1-2H3,(H,32,36). The summed E-state index contributed by atoms with van der Waals surface area (Å²) < 4.78 is 16.8. The predicted octanol–water partition coefficient (Wildman–Crippen LogP) is 4.24. The molecule has 0 aromatic heterocycles. The van der Waals surface area contributed by atoms with Crippen LogP contribution in [0.4, 0.5) is 0 Å². The van der Waals surface area contributed by atoms with Gasteiger partial charge in [0.25, 0.3) is 0 Å². The second-order valence-corrected chi connectivity index (χ2v) is 10.8. The molecule has 1 unspecified atom stereocenters. The highest BCUT2D eigenvalue weighted by Crippen LogP contribution is 2.45.